The number of nitrogens with one attached hydrogen (secondary N) is 1. The van der Waals surface area contributed by atoms with Crippen molar-refractivity contribution >= 4 is 140 Å². The molecule has 7 aromatic heterocycles. The highest BCUT2D eigenvalue weighted by Crippen LogP contribution is 2.53. The summed E-state index contributed by atoms with van der Waals surface area (Å²) in [4.78, 5) is 22.9. The summed E-state index contributed by atoms with van der Waals surface area (Å²) in [6, 6.07) is 72.4. The number of esters is 1. The van der Waals surface area contributed by atoms with Crippen molar-refractivity contribution in [3.05, 3.63) is 340 Å². The van der Waals surface area contributed by atoms with Crippen LogP contribution in [0.3, 0.4) is 0 Å². The van der Waals surface area contributed by atoms with Crippen LogP contribution < -0.4 is 18.9 Å². The largest absolute Gasteiger partial charge is 0.508 e. The summed E-state index contributed by atoms with van der Waals surface area (Å²) in [6.45, 7) is 9.58. The van der Waals surface area contributed by atoms with Gasteiger partial charge in [0.1, 0.15) is 81.6 Å². The molecule has 29 heteroatoms. The minimum atomic E-state index is -0.359. The summed E-state index contributed by atoms with van der Waals surface area (Å²) < 4.78 is 82.2. The first-order valence-electron chi connectivity index (χ1n) is 41.6. The first-order chi connectivity index (χ1) is 64.5. The molecular formula is C104H79F3N10O12S4. The van der Waals surface area contributed by atoms with Crippen molar-refractivity contribution in [2.24, 2.45) is 12.0 Å². The number of hydrogen-bond donors (Lipinski definition) is 6. The second-order valence-corrected chi connectivity index (χ2v) is 34.8. The summed E-state index contributed by atoms with van der Waals surface area (Å²) >= 11 is 6.02. The van der Waals surface area contributed by atoms with E-state index in [-0.39, 0.29) is 58.7 Å². The fourth-order valence-electron chi connectivity index (χ4n) is 14.2. The Labute approximate surface area is 775 Å². The fraction of sp³-hybridized carbons (Fsp3) is 0.0865. The van der Waals surface area contributed by atoms with Crippen molar-refractivity contribution in [3.63, 3.8) is 0 Å². The van der Waals surface area contributed by atoms with Crippen LogP contribution in [0.15, 0.2) is 264 Å². The number of H-pyrrole nitrogens is 1. The molecule has 22 nitrogen and oxygen atoms in total. The van der Waals surface area contributed by atoms with Crippen molar-refractivity contribution in [2.75, 3.05) is 6.54 Å². The lowest BCUT2D eigenvalue weighted by Crippen LogP contribution is -2.01. The first kappa shape index (κ1) is 88.9. The number of aryl methyl sites for hydroxylation is 6. The minimum absolute atomic E-state index is 0.0503. The summed E-state index contributed by atoms with van der Waals surface area (Å²) in [5.74, 6) is 8.61. The highest BCUT2D eigenvalue weighted by atomic mass is 32.1. The Morgan fingerprint density at radius 1 is 0.429 bits per heavy atom. The van der Waals surface area contributed by atoms with E-state index >= 15 is 0 Å². The molecule has 1 aliphatic heterocycles. The molecule has 6 N–H and O–H groups in total. The van der Waals surface area contributed by atoms with Crippen LogP contribution in [-0.4, -0.2) is 89.5 Å². The van der Waals surface area contributed by atoms with Gasteiger partial charge in [-0.15, -0.1) is 60.6 Å². The zero-order valence-electron chi connectivity index (χ0n) is 71.8. The maximum atomic E-state index is 13.7. The lowest BCUT2D eigenvalue weighted by Gasteiger charge is -2.10. The topological polar surface area (TPSA) is 301 Å². The number of rotatable bonds is 22. The van der Waals surface area contributed by atoms with Crippen LogP contribution in [0.25, 0.3) is 125 Å². The number of carbonyl (C=O) groups is 1. The quantitative estimate of drug-likeness (QED) is 0.0344. The van der Waals surface area contributed by atoms with Crippen molar-refractivity contribution in [2.45, 2.75) is 47.5 Å². The van der Waals surface area contributed by atoms with E-state index in [0.717, 1.165) is 140 Å². The third kappa shape index (κ3) is 21.4. The fourth-order valence-corrected chi connectivity index (χ4v) is 19.2. The van der Waals surface area contributed by atoms with Gasteiger partial charge in [0.2, 0.25) is 17.7 Å². The van der Waals surface area contributed by atoms with E-state index in [4.69, 9.17) is 28.1 Å². The van der Waals surface area contributed by atoms with E-state index in [1.165, 1.54) is 81.7 Å². The average Bonchev–Trinajstić information content (AvgIpc) is 1.64. The van der Waals surface area contributed by atoms with Crippen molar-refractivity contribution in [1.29, 1.82) is 0 Å². The SMILES string of the molecule is CCCc1nnc(/C=C/c2ccc(Oc3c(-c4ccc(F)cc4C)sc4cc(O)ccc34)cc2)o1.Cc1cc(F)ccc1-c1sc2cc(O)ccc2c1Oc1ccc(/C=C/C2=NCC(=O)O2)cc1.Cc1nc(/C=C/c2ccc(Oc3c(-c4ccc(F)cc4C)sc4cc(O)ccc34)cc2)n[nH]1.Cn1nnnc1/C=C/c1ccc(Oc2c(-c3ccc(O)cc3)sc3cc(O)ccc23)cc1. The molecule has 19 aromatic rings. The maximum absolute atomic E-state index is 13.7. The molecule has 0 aliphatic carbocycles. The van der Waals surface area contributed by atoms with Gasteiger partial charge in [0.25, 0.3) is 0 Å². The second-order valence-electron chi connectivity index (χ2n) is 30.6. The lowest BCUT2D eigenvalue weighted by molar-refractivity contribution is -0.132. The van der Waals surface area contributed by atoms with Crippen LogP contribution in [-0.2, 0) is 23.0 Å². The maximum Gasteiger partial charge on any atom is 0.334 e. The number of aliphatic imine (C=N–C) groups is 1. The van der Waals surface area contributed by atoms with Crippen LogP contribution in [0, 0.1) is 45.1 Å². The molecule has 0 fully saturated rings. The summed E-state index contributed by atoms with van der Waals surface area (Å²) in [5.41, 5.74) is 9.84. The zero-order chi connectivity index (χ0) is 92.3. The molecule has 8 heterocycles. The molecule has 0 atom stereocenters. The van der Waals surface area contributed by atoms with Gasteiger partial charge in [0.05, 0.1) is 19.5 Å². The van der Waals surface area contributed by atoms with Gasteiger partial charge in [-0.25, -0.2) is 32.6 Å². The van der Waals surface area contributed by atoms with E-state index in [2.05, 4.69) is 52.8 Å². The number of nitrogens with zero attached hydrogens (tertiary/aromatic N) is 9. The Bertz CT molecular complexity index is 7670. The molecule has 1 aliphatic rings. The molecule has 0 saturated carbocycles. The van der Waals surface area contributed by atoms with Crippen LogP contribution in [0.2, 0.25) is 0 Å². The van der Waals surface area contributed by atoms with Gasteiger partial charge in [-0.1, -0.05) is 85.8 Å². The average molecular weight is 1850 g/mol. The number of ether oxygens (including phenoxy) is 5. The number of phenols is 5. The highest BCUT2D eigenvalue weighted by Gasteiger charge is 2.25. The van der Waals surface area contributed by atoms with Crippen LogP contribution in [0.5, 0.6) is 74.7 Å². The molecule has 0 saturated heterocycles. The molecule has 0 spiro atoms. The van der Waals surface area contributed by atoms with Gasteiger partial charge in [-0.05, 0) is 312 Å². The normalized spacial score (nSPS) is 12.0. The van der Waals surface area contributed by atoms with Crippen molar-refractivity contribution < 1.29 is 71.6 Å². The van der Waals surface area contributed by atoms with Gasteiger partial charge in [0, 0.05) is 66.0 Å². The van der Waals surface area contributed by atoms with Gasteiger partial charge in [-0.2, -0.15) is 5.10 Å². The molecule has 0 unspecified atom stereocenters. The molecule has 0 bridgehead atoms. The van der Waals surface area contributed by atoms with Gasteiger partial charge in [0.15, 0.2) is 34.6 Å². The molecule has 12 aromatic carbocycles. The number of thiophene rings is 4. The van der Waals surface area contributed by atoms with E-state index in [0.29, 0.717) is 75.3 Å². The number of benzene rings is 12. The number of phenolic OH excluding ortho intramolecular Hbond substituents is 5. The van der Waals surface area contributed by atoms with E-state index in [9.17, 15) is 43.5 Å². The summed E-state index contributed by atoms with van der Waals surface area (Å²) in [7, 11) is 1.78. The molecular weight excluding hydrogens is 1770 g/mol. The number of aromatic amines is 1. The van der Waals surface area contributed by atoms with Gasteiger partial charge >= 0.3 is 5.97 Å². The third-order valence-electron chi connectivity index (χ3n) is 20.8. The van der Waals surface area contributed by atoms with Crippen LogP contribution in [0.1, 0.15) is 81.5 Å². The Hall–Kier alpha value is -16.1. The van der Waals surface area contributed by atoms with Gasteiger partial charge < -0.3 is 53.6 Å². The molecule has 133 heavy (non-hydrogen) atoms. The molecule has 0 radical (unpaired) electrons. The van der Waals surface area contributed by atoms with Crippen molar-refractivity contribution in [1.82, 2.24) is 45.6 Å². The van der Waals surface area contributed by atoms with Crippen LogP contribution in [0.4, 0.5) is 13.2 Å². The second kappa shape index (κ2) is 39.9. The van der Waals surface area contributed by atoms with Crippen molar-refractivity contribution in [3.8, 4) is 117 Å². The number of cyclic esters (lactones) is 1. The third-order valence-corrected chi connectivity index (χ3v) is 25.5. The zero-order valence-corrected chi connectivity index (χ0v) is 75.1. The van der Waals surface area contributed by atoms with E-state index in [1.54, 1.807) is 109 Å². The molecule has 662 valence electrons. The standard InChI is InChI=1S/C28H23FN2O3S.C26H20FN3O2S.C26H18FNO4S.C24H18N4O3S/c1-3-4-25-30-31-26(34-25)14-7-18-5-10-21(11-6-18)33-27-23-13-9-20(32)16-24(23)35-28(27)22-12-8-19(29)15-17(22)2;1-15-13-18(27)6-10-21(15)26-25(22-11-7-19(31)14-23(22)33-26)32-20-8-3-17(4-9-20)5-12-24-28-16(2)29-30-24;1-15-12-17(27)5-9-20(15)26-25(21-10-6-18(29)13-22(21)33-26)31-19-7-2-16(3-8-19)4-11-23-28-14-24(30)32-23;1-28-22(25-26-27-28)13-4-15-2-10-19(11-3-15)31-23-20-12-9-18(30)14-21(20)32-24(23)16-5-7-17(29)8-6-16/h5-16,32H,3-4H2,1-2H3;3-14,31H,1-2H3,(H,28,29,30);2-13,29H,14H2,1H3;2-14,29-30H,1H3/b14-7+;12-5+;11-4+;13-4+. The Kier molecular flexibility index (Phi) is 26.7. The van der Waals surface area contributed by atoms with Crippen LogP contribution >= 0.6 is 45.3 Å². The Morgan fingerprint density at radius 2 is 0.812 bits per heavy atom. The number of hydrogen-bond acceptors (Lipinski definition) is 24. The highest BCUT2D eigenvalue weighted by molar-refractivity contribution is 7.24. The predicted octanol–water partition coefficient (Wildman–Crippen LogP) is 27.1. The number of carbonyl (C=O) groups excluding carboxylic acids is 1. The first-order valence-corrected chi connectivity index (χ1v) is 44.9. The summed E-state index contributed by atoms with van der Waals surface area (Å²) in [6.07, 6.45) is 16.4. The smallest absolute Gasteiger partial charge is 0.334 e. The minimum Gasteiger partial charge on any atom is -0.508 e. The number of fused-ring (bicyclic) bond motifs is 4. The molecule has 20 rings (SSSR count). The Morgan fingerprint density at radius 3 is 1.18 bits per heavy atom. The number of halogens is 3. The number of aromatic nitrogens is 9. The van der Waals surface area contributed by atoms with E-state index < -0.39 is 0 Å². The summed E-state index contributed by atoms with van der Waals surface area (Å²) in [5, 5.41) is 79.3. The van der Waals surface area contributed by atoms with Gasteiger partial charge in [-0.3, -0.25) is 5.10 Å². The Balaban J connectivity index is 0.000000124. The predicted molar refractivity (Wildman–Crippen MR) is 520 cm³/mol. The van der Waals surface area contributed by atoms with E-state index in [1.807, 2.05) is 192 Å². The number of tetrazole rings is 1. The number of aromatic hydroxyl groups is 5. The molecule has 0 amide bonds. The lowest BCUT2D eigenvalue weighted by atomic mass is 10.1. The monoisotopic (exact) mass is 1840 g/mol.